The topological polar surface area (TPSA) is 54.4 Å². The Balaban J connectivity index is 3.17. The Labute approximate surface area is 112 Å². The van der Waals surface area contributed by atoms with E-state index >= 15 is 0 Å². The number of hydrogen-bond donors (Lipinski definition) is 1. The minimum Gasteiger partial charge on any atom is -0.385 e. The van der Waals surface area contributed by atoms with Gasteiger partial charge in [0.25, 0.3) is 0 Å². The lowest BCUT2D eigenvalue weighted by molar-refractivity contribution is 0.185. The van der Waals surface area contributed by atoms with Gasteiger partial charge in [0.2, 0.25) is 3.12 Å². The summed E-state index contributed by atoms with van der Waals surface area (Å²) < 4.78 is 20.8. The van der Waals surface area contributed by atoms with Crippen molar-refractivity contribution >= 4 is 49.0 Å². The average Bonchev–Trinajstić information content (AvgIpc) is 2.14. The van der Waals surface area contributed by atoms with Crippen molar-refractivity contribution in [3.63, 3.8) is 0 Å². The van der Waals surface area contributed by atoms with Crippen LogP contribution >= 0.6 is 39.1 Å². The van der Waals surface area contributed by atoms with Crippen LogP contribution in [0.5, 0.6) is 0 Å². The fourth-order valence-electron chi connectivity index (χ4n) is 1.07. The highest BCUT2D eigenvalue weighted by Gasteiger charge is 2.44. The lowest BCUT2D eigenvalue weighted by atomic mass is 10.1. The molecule has 7 heteroatoms. The van der Waals surface area contributed by atoms with Crippen LogP contribution in [0.1, 0.15) is 11.7 Å². The fraction of sp³-hybridized carbons (Fsp3) is 0.333. The standard InChI is InChI=1S/C9H9BrCl2O3S/c1-16(14,15)9(10,12)8(13)6-3-2-4-7(11)5-6/h2-5,8,13H,1H3/t8-,9-/m0/s1. The van der Waals surface area contributed by atoms with Gasteiger partial charge in [-0.15, -0.1) is 0 Å². The summed E-state index contributed by atoms with van der Waals surface area (Å²) in [7, 11) is -3.67. The molecule has 0 spiro atoms. The first kappa shape index (κ1) is 14.3. The van der Waals surface area contributed by atoms with Gasteiger partial charge in [-0.2, -0.15) is 0 Å². The summed E-state index contributed by atoms with van der Waals surface area (Å²) in [4.78, 5) is 0. The zero-order valence-electron chi connectivity index (χ0n) is 8.19. The normalized spacial score (nSPS) is 17.8. The van der Waals surface area contributed by atoms with Crippen molar-refractivity contribution in [3.05, 3.63) is 34.9 Å². The predicted octanol–water partition coefficient (Wildman–Crippen LogP) is 2.71. The SMILES string of the molecule is CS(=O)(=O)[C@](Cl)(Br)[C@@H](O)c1cccc(Cl)c1. The van der Waals surface area contributed by atoms with E-state index in [4.69, 9.17) is 23.2 Å². The molecule has 0 saturated carbocycles. The van der Waals surface area contributed by atoms with E-state index in [9.17, 15) is 13.5 Å². The molecule has 0 radical (unpaired) electrons. The van der Waals surface area contributed by atoms with Gasteiger partial charge < -0.3 is 5.11 Å². The molecule has 1 rings (SSSR count). The van der Waals surface area contributed by atoms with Gasteiger partial charge in [-0.3, -0.25) is 0 Å². The largest absolute Gasteiger partial charge is 0.385 e. The molecule has 0 bridgehead atoms. The Kier molecular flexibility index (Phi) is 4.29. The van der Waals surface area contributed by atoms with Crippen molar-refractivity contribution in [2.75, 3.05) is 6.26 Å². The van der Waals surface area contributed by atoms with Crippen molar-refractivity contribution in [2.45, 2.75) is 9.22 Å². The summed E-state index contributed by atoms with van der Waals surface area (Å²) in [5.74, 6) is 0. The van der Waals surface area contributed by atoms with E-state index in [0.717, 1.165) is 6.26 Å². The minimum atomic E-state index is -3.67. The number of hydrogen-bond acceptors (Lipinski definition) is 3. The Hall–Kier alpha value is 0.190. The molecule has 0 aliphatic rings. The number of aliphatic hydroxyl groups is 1. The zero-order valence-corrected chi connectivity index (χ0v) is 12.1. The maximum absolute atomic E-state index is 11.4. The van der Waals surface area contributed by atoms with Crippen LogP contribution in [0.2, 0.25) is 5.02 Å². The lowest BCUT2D eigenvalue weighted by Gasteiger charge is -2.24. The second-order valence-electron chi connectivity index (χ2n) is 3.29. The van der Waals surface area contributed by atoms with E-state index in [1.54, 1.807) is 18.2 Å². The summed E-state index contributed by atoms with van der Waals surface area (Å²) in [5, 5.41) is 10.3. The fourth-order valence-corrected chi connectivity index (χ4v) is 2.20. The molecular weight excluding hydrogens is 339 g/mol. The maximum Gasteiger partial charge on any atom is 0.228 e. The van der Waals surface area contributed by atoms with E-state index < -0.39 is 19.1 Å². The van der Waals surface area contributed by atoms with Gasteiger partial charge in [0.15, 0.2) is 9.84 Å². The van der Waals surface area contributed by atoms with Crippen LogP contribution in [0.3, 0.4) is 0 Å². The van der Waals surface area contributed by atoms with Crippen LogP contribution in [-0.2, 0) is 9.84 Å². The first-order valence-corrected chi connectivity index (χ1v) is 7.61. The highest BCUT2D eigenvalue weighted by Crippen LogP contribution is 2.42. The number of alkyl halides is 2. The molecule has 1 aromatic carbocycles. The van der Waals surface area contributed by atoms with Crippen molar-refractivity contribution < 1.29 is 13.5 Å². The molecule has 0 unspecified atom stereocenters. The number of sulfone groups is 1. The lowest BCUT2D eigenvalue weighted by Crippen LogP contribution is -2.32. The van der Waals surface area contributed by atoms with Gasteiger partial charge in [0.1, 0.15) is 6.10 Å². The molecule has 3 nitrogen and oxygen atoms in total. The number of rotatable bonds is 3. The molecule has 0 heterocycles. The summed E-state index contributed by atoms with van der Waals surface area (Å²) >= 11 is 14.3. The van der Waals surface area contributed by atoms with Gasteiger partial charge in [0, 0.05) is 11.3 Å². The van der Waals surface area contributed by atoms with Gasteiger partial charge in [-0.25, -0.2) is 8.42 Å². The van der Waals surface area contributed by atoms with E-state index in [-0.39, 0.29) is 0 Å². The molecule has 90 valence electrons. The Morgan fingerprint density at radius 2 is 2.06 bits per heavy atom. The van der Waals surface area contributed by atoms with Gasteiger partial charge in [-0.05, 0) is 33.6 Å². The van der Waals surface area contributed by atoms with E-state index in [2.05, 4.69) is 15.9 Å². The molecule has 1 aromatic rings. The van der Waals surface area contributed by atoms with Crippen LogP contribution in [0.25, 0.3) is 0 Å². The van der Waals surface area contributed by atoms with Crippen LogP contribution in [0, 0.1) is 0 Å². The summed E-state index contributed by atoms with van der Waals surface area (Å²) in [6, 6.07) is 6.21. The number of benzene rings is 1. The van der Waals surface area contributed by atoms with Crippen molar-refractivity contribution in [1.29, 1.82) is 0 Å². The van der Waals surface area contributed by atoms with Gasteiger partial charge >= 0.3 is 0 Å². The number of aliphatic hydroxyl groups excluding tert-OH is 1. The Bertz CT molecular complexity index is 487. The summed E-state index contributed by atoms with van der Waals surface area (Å²) in [6.07, 6.45) is -0.481. The van der Waals surface area contributed by atoms with Crippen LogP contribution < -0.4 is 0 Å². The second kappa shape index (κ2) is 4.82. The minimum absolute atomic E-state index is 0.324. The van der Waals surface area contributed by atoms with Gasteiger partial charge in [-0.1, -0.05) is 35.3 Å². The third-order valence-electron chi connectivity index (χ3n) is 1.98. The highest BCUT2D eigenvalue weighted by molar-refractivity contribution is 9.12. The molecular formula is C9H9BrCl2O3S. The molecule has 0 aromatic heterocycles. The van der Waals surface area contributed by atoms with E-state index in [0.29, 0.717) is 10.6 Å². The van der Waals surface area contributed by atoms with Crippen molar-refractivity contribution in [2.24, 2.45) is 0 Å². The monoisotopic (exact) mass is 346 g/mol. The molecule has 0 aliphatic carbocycles. The van der Waals surface area contributed by atoms with E-state index in [1.165, 1.54) is 6.07 Å². The molecule has 1 N–H and O–H groups in total. The third kappa shape index (κ3) is 2.90. The maximum atomic E-state index is 11.4. The molecule has 0 aliphatic heterocycles. The average molecular weight is 348 g/mol. The third-order valence-corrected chi connectivity index (χ3v) is 6.67. The second-order valence-corrected chi connectivity index (χ2v) is 8.97. The molecule has 16 heavy (non-hydrogen) atoms. The number of halogens is 3. The smallest absolute Gasteiger partial charge is 0.228 e. The van der Waals surface area contributed by atoms with Crippen LogP contribution in [0.15, 0.2) is 24.3 Å². The Morgan fingerprint density at radius 3 is 2.50 bits per heavy atom. The van der Waals surface area contributed by atoms with Crippen LogP contribution in [0.4, 0.5) is 0 Å². The first-order chi connectivity index (χ1) is 7.16. The molecule has 0 fully saturated rings. The summed E-state index contributed by atoms with van der Waals surface area (Å²) in [6.45, 7) is 0. The highest BCUT2D eigenvalue weighted by atomic mass is 79.9. The van der Waals surface area contributed by atoms with E-state index in [1.807, 2.05) is 0 Å². The molecule has 2 atom stereocenters. The van der Waals surface area contributed by atoms with Crippen LogP contribution in [-0.4, -0.2) is 22.9 Å². The Morgan fingerprint density at radius 1 is 1.50 bits per heavy atom. The quantitative estimate of drug-likeness (QED) is 0.855. The zero-order chi connectivity index (χ0) is 12.6. The van der Waals surface area contributed by atoms with Crippen molar-refractivity contribution in [1.82, 2.24) is 0 Å². The summed E-state index contributed by atoms with van der Waals surface area (Å²) in [5.41, 5.74) is 0.324. The predicted molar refractivity (Wildman–Crippen MR) is 68.8 cm³/mol. The van der Waals surface area contributed by atoms with Gasteiger partial charge in [0.05, 0.1) is 0 Å². The first-order valence-electron chi connectivity index (χ1n) is 4.17. The molecule has 0 saturated heterocycles. The molecule has 0 amide bonds. The van der Waals surface area contributed by atoms with Crippen molar-refractivity contribution in [3.8, 4) is 0 Å².